The lowest BCUT2D eigenvalue weighted by molar-refractivity contribution is 0.332. The zero-order chi connectivity index (χ0) is 17.5. The quantitative estimate of drug-likeness (QED) is 0.410. The first kappa shape index (κ1) is 16.6. The Hall–Kier alpha value is -3.21. The van der Waals surface area contributed by atoms with Crippen LogP contribution in [0.3, 0.4) is 0 Å². The first-order valence-electron chi connectivity index (χ1n) is 8.08. The Balaban J connectivity index is 1.53. The predicted molar refractivity (Wildman–Crippen MR) is 103 cm³/mol. The van der Waals surface area contributed by atoms with Gasteiger partial charge in [-0.25, -0.2) is 4.99 Å². The van der Waals surface area contributed by atoms with Gasteiger partial charge in [0.2, 0.25) is 0 Å². The molecule has 25 heavy (non-hydrogen) atoms. The molecule has 0 saturated heterocycles. The zero-order valence-electron chi connectivity index (χ0n) is 14.1. The molecule has 128 valence electrons. The molecule has 0 radical (unpaired) electrons. The van der Waals surface area contributed by atoms with Crippen LogP contribution in [0.15, 0.2) is 71.7 Å². The Morgan fingerprint density at radius 3 is 2.56 bits per heavy atom. The Bertz CT molecular complexity index is 855. The summed E-state index contributed by atoms with van der Waals surface area (Å²) in [4.78, 5) is 4.28. The molecule has 0 aliphatic rings. The molecule has 5 heteroatoms. The Kier molecular flexibility index (Phi) is 5.36. The third-order valence-corrected chi connectivity index (χ3v) is 3.74. The molecule has 0 amide bonds. The van der Waals surface area contributed by atoms with E-state index in [1.54, 1.807) is 7.11 Å². The van der Waals surface area contributed by atoms with Gasteiger partial charge in [-0.05, 0) is 35.7 Å². The standard InChI is InChI=1S/C20H21N3O2/c1-24-17-11-9-16(10-12-17)23-20(21)22-13-14-25-19-8-4-6-15-5-2-3-7-18(15)19/h2-12H,13-14H2,1H3,(H3,21,22,23). The predicted octanol–water partition coefficient (Wildman–Crippen LogP) is 3.65. The molecule has 3 aromatic rings. The molecule has 3 aromatic carbocycles. The number of hydrogen-bond acceptors (Lipinski definition) is 3. The second kappa shape index (κ2) is 8.06. The molecule has 3 rings (SSSR count). The topological polar surface area (TPSA) is 68.9 Å². The average molecular weight is 335 g/mol. The minimum Gasteiger partial charge on any atom is -0.497 e. The van der Waals surface area contributed by atoms with Gasteiger partial charge in [-0.2, -0.15) is 0 Å². The molecule has 0 bridgehead atoms. The summed E-state index contributed by atoms with van der Waals surface area (Å²) in [5.74, 6) is 2.01. The number of nitrogens with zero attached hydrogens (tertiary/aromatic N) is 1. The van der Waals surface area contributed by atoms with E-state index in [1.165, 1.54) is 0 Å². The highest BCUT2D eigenvalue weighted by molar-refractivity contribution is 5.92. The first-order chi connectivity index (χ1) is 12.3. The summed E-state index contributed by atoms with van der Waals surface area (Å²) < 4.78 is 11.0. The van der Waals surface area contributed by atoms with E-state index in [1.807, 2.05) is 54.6 Å². The SMILES string of the molecule is COc1ccc(NC(N)=NCCOc2cccc3ccccc23)cc1. The van der Waals surface area contributed by atoms with E-state index in [-0.39, 0.29) is 0 Å². The summed E-state index contributed by atoms with van der Waals surface area (Å²) in [5.41, 5.74) is 6.76. The number of benzene rings is 3. The van der Waals surface area contributed by atoms with Gasteiger partial charge in [-0.3, -0.25) is 0 Å². The molecular formula is C20H21N3O2. The third kappa shape index (κ3) is 4.41. The maximum absolute atomic E-state index is 5.90. The largest absolute Gasteiger partial charge is 0.497 e. The van der Waals surface area contributed by atoms with Crippen molar-refractivity contribution in [1.82, 2.24) is 0 Å². The Labute approximate surface area is 147 Å². The van der Waals surface area contributed by atoms with Crippen LogP contribution in [-0.4, -0.2) is 26.2 Å². The Morgan fingerprint density at radius 2 is 1.76 bits per heavy atom. The number of guanidine groups is 1. The molecule has 0 fully saturated rings. The van der Waals surface area contributed by atoms with Crippen molar-refractivity contribution in [2.45, 2.75) is 0 Å². The number of hydrogen-bond donors (Lipinski definition) is 2. The van der Waals surface area contributed by atoms with Gasteiger partial charge in [0.25, 0.3) is 0 Å². The molecular weight excluding hydrogens is 314 g/mol. The van der Waals surface area contributed by atoms with Crippen molar-refractivity contribution in [3.8, 4) is 11.5 Å². The summed E-state index contributed by atoms with van der Waals surface area (Å²) in [6.45, 7) is 0.928. The lowest BCUT2D eigenvalue weighted by Gasteiger charge is -2.09. The third-order valence-electron chi connectivity index (χ3n) is 3.74. The van der Waals surface area contributed by atoms with E-state index in [0.29, 0.717) is 19.1 Å². The van der Waals surface area contributed by atoms with Gasteiger partial charge in [0.15, 0.2) is 5.96 Å². The van der Waals surface area contributed by atoms with E-state index < -0.39 is 0 Å². The number of nitrogens with one attached hydrogen (secondary N) is 1. The fourth-order valence-corrected chi connectivity index (χ4v) is 2.51. The van der Waals surface area contributed by atoms with Crippen LogP contribution in [0.25, 0.3) is 10.8 Å². The molecule has 0 heterocycles. The van der Waals surface area contributed by atoms with Crippen molar-refractivity contribution >= 4 is 22.4 Å². The van der Waals surface area contributed by atoms with Gasteiger partial charge in [0.05, 0.1) is 13.7 Å². The van der Waals surface area contributed by atoms with E-state index in [4.69, 9.17) is 15.2 Å². The van der Waals surface area contributed by atoms with Gasteiger partial charge in [-0.1, -0.05) is 36.4 Å². The molecule has 0 aromatic heterocycles. The molecule has 5 nitrogen and oxygen atoms in total. The molecule has 3 N–H and O–H groups in total. The number of aliphatic imine (C=N–C) groups is 1. The number of nitrogens with two attached hydrogens (primary N) is 1. The zero-order valence-corrected chi connectivity index (χ0v) is 14.1. The smallest absolute Gasteiger partial charge is 0.193 e. The normalized spacial score (nSPS) is 11.3. The van der Waals surface area contributed by atoms with Crippen molar-refractivity contribution in [2.75, 3.05) is 25.6 Å². The van der Waals surface area contributed by atoms with Crippen LogP contribution in [0.1, 0.15) is 0 Å². The van der Waals surface area contributed by atoms with Crippen molar-refractivity contribution in [1.29, 1.82) is 0 Å². The second-order valence-corrected chi connectivity index (χ2v) is 5.45. The van der Waals surface area contributed by atoms with Crippen molar-refractivity contribution in [3.63, 3.8) is 0 Å². The first-order valence-corrected chi connectivity index (χ1v) is 8.08. The Morgan fingerprint density at radius 1 is 1.00 bits per heavy atom. The maximum atomic E-state index is 5.90. The fraction of sp³-hybridized carbons (Fsp3) is 0.150. The van der Waals surface area contributed by atoms with Crippen LogP contribution >= 0.6 is 0 Å². The molecule has 0 aliphatic heterocycles. The highest BCUT2D eigenvalue weighted by Gasteiger charge is 2.01. The second-order valence-electron chi connectivity index (χ2n) is 5.45. The van der Waals surface area contributed by atoms with Crippen LogP contribution in [0, 0.1) is 0 Å². The van der Waals surface area contributed by atoms with Crippen molar-refractivity contribution < 1.29 is 9.47 Å². The highest BCUT2D eigenvalue weighted by atomic mass is 16.5. The molecule has 0 saturated carbocycles. The van der Waals surface area contributed by atoms with Gasteiger partial charge in [0.1, 0.15) is 18.1 Å². The fourth-order valence-electron chi connectivity index (χ4n) is 2.51. The molecule has 0 atom stereocenters. The van der Waals surface area contributed by atoms with E-state index >= 15 is 0 Å². The summed E-state index contributed by atoms with van der Waals surface area (Å²) in [5, 5.41) is 5.29. The van der Waals surface area contributed by atoms with Gasteiger partial charge in [-0.15, -0.1) is 0 Å². The van der Waals surface area contributed by atoms with Crippen LogP contribution in [0.2, 0.25) is 0 Å². The minimum atomic E-state index is 0.353. The van der Waals surface area contributed by atoms with Gasteiger partial charge >= 0.3 is 0 Å². The van der Waals surface area contributed by atoms with Gasteiger partial charge < -0.3 is 20.5 Å². The lowest BCUT2D eigenvalue weighted by Crippen LogP contribution is -2.23. The molecule has 0 aliphatic carbocycles. The van der Waals surface area contributed by atoms with Crippen LogP contribution in [-0.2, 0) is 0 Å². The number of ether oxygens (including phenoxy) is 2. The van der Waals surface area contributed by atoms with Crippen LogP contribution in [0.5, 0.6) is 11.5 Å². The number of rotatable bonds is 6. The van der Waals surface area contributed by atoms with E-state index in [0.717, 1.165) is 28.0 Å². The lowest BCUT2D eigenvalue weighted by atomic mass is 10.1. The number of anilines is 1. The molecule has 0 unspecified atom stereocenters. The van der Waals surface area contributed by atoms with E-state index in [9.17, 15) is 0 Å². The van der Waals surface area contributed by atoms with Crippen molar-refractivity contribution in [2.24, 2.45) is 10.7 Å². The van der Waals surface area contributed by atoms with Crippen LogP contribution < -0.4 is 20.5 Å². The summed E-state index contributed by atoms with van der Waals surface area (Å²) in [6.07, 6.45) is 0. The van der Waals surface area contributed by atoms with E-state index in [2.05, 4.69) is 22.4 Å². The number of methoxy groups -OCH3 is 1. The highest BCUT2D eigenvalue weighted by Crippen LogP contribution is 2.24. The van der Waals surface area contributed by atoms with Crippen molar-refractivity contribution in [3.05, 3.63) is 66.7 Å². The molecule has 0 spiro atoms. The summed E-state index contributed by atoms with van der Waals surface area (Å²) >= 11 is 0. The summed E-state index contributed by atoms with van der Waals surface area (Å²) in [6, 6.07) is 21.6. The maximum Gasteiger partial charge on any atom is 0.193 e. The van der Waals surface area contributed by atoms with Gasteiger partial charge in [0, 0.05) is 11.1 Å². The number of fused-ring (bicyclic) bond motifs is 1. The van der Waals surface area contributed by atoms with Crippen LogP contribution in [0.4, 0.5) is 5.69 Å². The average Bonchev–Trinajstić information content (AvgIpc) is 2.66. The monoisotopic (exact) mass is 335 g/mol. The summed E-state index contributed by atoms with van der Waals surface area (Å²) in [7, 11) is 1.63. The minimum absolute atomic E-state index is 0.353.